The van der Waals surface area contributed by atoms with Gasteiger partial charge in [-0.1, -0.05) is 48.0 Å². The molecule has 1 amide bonds. The fourth-order valence-corrected chi connectivity index (χ4v) is 3.98. The van der Waals surface area contributed by atoms with Gasteiger partial charge in [0, 0.05) is 10.6 Å². The van der Waals surface area contributed by atoms with Crippen molar-refractivity contribution in [1.29, 1.82) is 0 Å². The Labute approximate surface area is 187 Å². The number of halogens is 1. The summed E-state index contributed by atoms with van der Waals surface area (Å²) < 4.78 is 31.4. The van der Waals surface area contributed by atoms with Gasteiger partial charge in [0.05, 0.1) is 25.0 Å². The molecule has 0 fully saturated rings. The minimum absolute atomic E-state index is 0.131. The summed E-state index contributed by atoms with van der Waals surface area (Å²) in [5.74, 6) is 0.522. The highest BCUT2D eigenvalue weighted by Gasteiger charge is 2.18. The van der Waals surface area contributed by atoms with Crippen molar-refractivity contribution in [3.05, 3.63) is 95.0 Å². The number of rotatable bonds is 9. The molecule has 0 saturated heterocycles. The minimum atomic E-state index is -3.52. The summed E-state index contributed by atoms with van der Waals surface area (Å²) in [6.07, 6.45) is 1.15. The van der Waals surface area contributed by atoms with Crippen LogP contribution in [-0.2, 0) is 16.6 Å². The van der Waals surface area contributed by atoms with Crippen molar-refractivity contribution in [1.82, 2.24) is 5.32 Å². The molecule has 3 aromatic carbocycles. The molecule has 0 aliphatic rings. The maximum Gasteiger partial charge on any atom is 0.251 e. The van der Waals surface area contributed by atoms with Gasteiger partial charge < -0.3 is 10.1 Å². The van der Waals surface area contributed by atoms with Crippen LogP contribution in [0.1, 0.15) is 15.9 Å². The second-order valence-corrected chi connectivity index (χ2v) is 9.21. The van der Waals surface area contributed by atoms with Gasteiger partial charge in [0.1, 0.15) is 12.4 Å². The minimum Gasteiger partial charge on any atom is -0.492 e. The van der Waals surface area contributed by atoms with Gasteiger partial charge in [0.25, 0.3) is 5.91 Å². The van der Waals surface area contributed by atoms with Crippen molar-refractivity contribution >= 4 is 33.2 Å². The van der Waals surface area contributed by atoms with Crippen LogP contribution in [0.3, 0.4) is 0 Å². The molecule has 31 heavy (non-hydrogen) atoms. The van der Waals surface area contributed by atoms with Crippen LogP contribution in [0, 0.1) is 0 Å². The lowest BCUT2D eigenvalue weighted by atomic mass is 10.1. The highest BCUT2D eigenvalue weighted by atomic mass is 35.5. The Kier molecular flexibility index (Phi) is 7.55. The number of nitrogens with one attached hydrogen (secondary N) is 1. The average molecular weight is 459 g/mol. The SMILES string of the molecule is CS(=O)(=O)N(Cc1ccc(C(=O)NCCOc2ccccc2)cc1)c1cccc(Cl)c1. The molecule has 0 atom stereocenters. The fourth-order valence-electron chi connectivity index (χ4n) is 2.91. The Morgan fingerprint density at radius 1 is 1.00 bits per heavy atom. The smallest absolute Gasteiger partial charge is 0.251 e. The number of ether oxygens (including phenoxy) is 1. The molecule has 0 heterocycles. The number of amides is 1. The third-order valence-corrected chi connectivity index (χ3v) is 5.81. The van der Waals surface area contributed by atoms with Crippen molar-refractivity contribution in [2.75, 3.05) is 23.7 Å². The van der Waals surface area contributed by atoms with Crippen LogP contribution in [0.5, 0.6) is 5.75 Å². The van der Waals surface area contributed by atoms with Crippen molar-refractivity contribution in [2.45, 2.75) is 6.54 Å². The Balaban J connectivity index is 1.58. The predicted octanol–water partition coefficient (Wildman–Crippen LogP) is 4.12. The van der Waals surface area contributed by atoms with E-state index in [1.54, 1.807) is 48.5 Å². The van der Waals surface area contributed by atoms with E-state index in [9.17, 15) is 13.2 Å². The maximum atomic E-state index is 12.3. The van der Waals surface area contributed by atoms with Gasteiger partial charge in [-0.2, -0.15) is 0 Å². The van der Waals surface area contributed by atoms with Crippen LogP contribution in [-0.4, -0.2) is 33.7 Å². The first-order chi connectivity index (χ1) is 14.8. The van der Waals surface area contributed by atoms with Crippen molar-refractivity contribution in [3.63, 3.8) is 0 Å². The number of benzene rings is 3. The lowest BCUT2D eigenvalue weighted by Crippen LogP contribution is -2.29. The van der Waals surface area contributed by atoms with E-state index in [-0.39, 0.29) is 12.5 Å². The van der Waals surface area contributed by atoms with E-state index in [4.69, 9.17) is 16.3 Å². The lowest BCUT2D eigenvalue weighted by molar-refractivity contribution is 0.0947. The van der Waals surface area contributed by atoms with Gasteiger partial charge in [-0.05, 0) is 48.0 Å². The second-order valence-electron chi connectivity index (χ2n) is 6.86. The molecule has 8 heteroatoms. The Bertz CT molecular complexity index is 1120. The molecular weight excluding hydrogens is 436 g/mol. The summed E-state index contributed by atoms with van der Waals surface area (Å²) in [5.41, 5.74) is 1.71. The third-order valence-electron chi connectivity index (χ3n) is 4.44. The third kappa shape index (κ3) is 6.73. The van der Waals surface area contributed by atoms with Crippen LogP contribution in [0.2, 0.25) is 5.02 Å². The Morgan fingerprint density at radius 2 is 1.71 bits per heavy atom. The van der Waals surface area contributed by atoms with Gasteiger partial charge in [-0.3, -0.25) is 9.10 Å². The molecule has 0 aromatic heterocycles. The van der Waals surface area contributed by atoms with Crippen LogP contribution in [0.25, 0.3) is 0 Å². The van der Waals surface area contributed by atoms with Crippen molar-refractivity contribution in [2.24, 2.45) is 0 Å². The quantitative estimate of drug-likeness (QED) is 0.489. The summed E-state index contributed by atoms with van der Waals surface area (Å²) in [5, 5.41) is 3.25. The van der Waals surface area contributed by atoms with Gasteiger partial charge in [-0.25, -0.2) is 8.42 Å². The van der Waals surface area contributed by atoms with E-state index in [0.717, 1.165) is 17.6 Å². The standard InChI is InChI=1S/C23H23ClN2O4S/c1-31(28,29)26(21-7-5-6-20(24)16-21)17-18-10-12-19(13-11-18)23(27)25-14-15-30-22-8-3-2-4-9-22/h2-13,16H,14-15,17H2,1H3,(H,25,27). The first-order valence-corrected chi connectivity index (χ1v) is 11.8. The zero-order valence-electron chi connectivity index (χ0n) is 17.0. The molecule has 3 rings (SSSR count). The molecule has 1 N–H and O–H groups in total. The highest BCUT2D eigenvalue weighted by Crippen LogP contribution is 2.24. The molecule has 6 nitrogen and oxygen atoms in total. The average Bonchev–Trinajstić information content (AvgIpc) is 2.75. The Hall–Kier alpha value is -3.03. The normalized spacial score (nSPS) is 11.0. The lowest BCUT2D eigenvalue weighted by Gasteiger charge is -2.22. The number of carbonyl (C=O) groups is 1. The molecule has 0 aliphatic carbocycles. The highest BCUT2D eigenvalue weighted by molar-refractivity contribution is 7.92. The number of nitrogens with zero attached hydrogens (tertiary/aromatic N) is 1. The van der Waals surface area contributed by atoms with Crippen LogP contribution in [0.4, 0.5) is 5.69 Å². The van der Waals surface area contributed by atoms with E-state index in [1.807, 2.05) is 30.3 Å². The molecule has 0 radical (unpaired) electrons. The van der Waals surface area contributed by atoms with Gasteiger partial charge in [0.2, 0.25) is 10.0 Å². The molecular formula is C23H23ClN2O4S. The van der Waals surface area contributed by atoms with Crippen LogP contribution in [0.15, 0.2) is 78.9 Å². The first kappa shape index (κ1) is 22.7. The summed E-state index contributed by atoms with van der Waals surface area (Å²) in [6.45, 7) is 0.856. The topological polar surface area (TPSA) is 75.7 Å². The van der Waals surface area contributed by atoms with Crippen LogP contribution >= 0.6 is 11.6 Å². The molecule has 0 bridgehead atoms. The molecule has 0 spiro atoms. The summed E-state index contributed by atoms with van der Waals surface area (Å²) in [6, 6.07) is 22.8. The fraction of sp³-hybridized carbons (Fsp3) is 0.174. The first-order valence-electron chi connectivity index (χ1n) is 9.61. The van der Waals surface area contributed by atoms with Crippen molar-refractivity contribution in [3.8, 4) is 5.75 Å². The zero-order valence-corrected chi connectivity index (χ0v) is 18.6. The van der Waals surface area contributed by atoms with Gasteiger partial charge in [0.15, 0.2) is 0 Å². The second kappa shape index (κ2) is 10.3. The van der Waals surface area contributed by atoms with Crippen LogP contribution < -0.4 is 14.4 Å². The summed E-state index contributed by atoms with van der Waals surface area (Å²) >= 11 is 6.01. The largest absolute Gasteiger partial charge is 0.492 e. The molecule has 3 aromatic rings. The number of para-hydroxylation sites is 1. The Morgan fingerprint density at radius 3 is 2.35 bits per heavy atom. The zero-order chi connectivity index (χ0) is 22.3. The summed E-state index contributed by atoms with van der Waals surface area (Å²) in [4.78, 5) is 12.3. The van der Waals surface area contributed by atoms with E-state index in [2.05, 4.69) is 5.32 Å². The van der Waals surface area contributed by atoms with Crippen molar-refractivity contribution < 1.29 is 17.9 Å². The number of hydrogen-bond acceptors (Lipinski definition) is 4. The van der Waals surface area contributed by atoms with E-state index >= 15 is 0 Å². The molecule has 162 valence electrons. The molecule has 0 unspecified atom stereocenters. The number of sulfonamides is 1. The predicted molar refractivity (Wildman–Crippen MR) is 123 cm³/mol. The number of carbonyl (C=O) groups excluding carboxylic acids is 1. The van der Waals surface area contributed by atoms with E-state index in [1.165, 1.54) is 4.31 Å². The van der Waals surface area contributed by atoms with E-state index in [0.29, 0.717) is 29.4 Å². The van der Waals surface area contributed by atoms with Gasteiger partial charge >= 0.3 is 0 Å². The number of hydrogen-bond donors (Lipinski definition) is 1. The molecule has 0 aliphatic heterocycles. The van der Waals surface area contributed by atoms with Gasteiger partial charge in [-0.15, -0.1) is 0 Å². The maximum absolute atomic E-state index is 12.3. The number of anilines is 1. The summed E-state index contributed by atoms with van der Waals surface area (Å²) in [7, 11) is -3.52. The van der Waals surface area contributed by atoms with E-state index < -0.39 is 10.0 Å². The molecule has 0 saturated carbocycles. The monoisotopic (exact) mass is 458 g/mol.